The predicted octanol–water partition coefficient (Wildman–Crippen LogP) is 7.56. The van der Waals surface area contributed by atoms with Crippen molar-refractivity contribution in [2.45, 2.75) is 97.3 Å². The van der Waals surface area contributed by atoms with Gasteiger partial charge >= 0.3 is 0 Å². The third-order valence-electron chi connectivity index (χ3n) is 11.2. The van der Waals surface area contributed by atoms with E-state index < -0.39 is 0 Å². The molecule has 6 unspecified atom stereocenters. The molecule has 4 saturated carbocycles. The number of hydrazine groups is 1. The van der Waals surface area contributed by atoms with E-state index in [1.165, 1.54) is 51.4 Å². The molecule has 0 bridgehead atoms. The lowest BCUT2D eigenvalue weighted by Gasteiger charge is -2.61. The zero-order valence-electron chi connectivity index (χ0n) is 23.7. The minimum absolute atomic E-state index is 0.133. The molecular weight excluding hydrogens is 462 g/mol. The first kappa shape index (κ1) is 27.8. The Morgan fingerprint density at radius 2 is 1.72 bits per heavy atom. The van der Waals surface area contributed by atoms with Crippen molar-refractivity contribution in [3.8, 4) is 0 Å². The minimum Gasteiger partial charge on any atom is -0.397 e. The molecule has 0 aromatic heterocycles. The first-order valence-electron chi connectivity index (χ1n) is 14.7. The maximum absolute atomic E-state index is 13.6. The number of rotatable bonds is 5. The SMILES string of the molecule is CC.CSc1ccc(N(N)CC(=O)[C@H]2CCC3C4CCC5C[C@@H](C)CCC5(C)C4CCC32C)c(N)c1. The highest BCUT2D eigenvalue weighted by Gasteiger charge is 2.60. The Balaban J connectivity index is 0.00000148. The van der Waals surface area contributed by atoms with Crippen molar-refractivity contribution in [1.82, 2.24) is 0 Å². The summed E-state index contributed by atoms with van der Waals surface area (Å²) in [4.78, 5) is 14.8. The maximum atomic E-state index is 13.6. The Morgan fingerprint density at radius 1 is 1.03 bits per heavy atom. The second kappa shape index (κ2) is 10.9. The van der Waals surface area contributed by atoms with Gasteiger partial charge in [0.25, 0.3) is 0 Å². The lowest BCUT2D eigenvalue weighted by molar-refractivity contribution is -0.135. The number of carbonyl (C=O) groups excluding carboxylic acids is 1. The van der Waals surface area contributed by atoms with Crippen molar-refractivity contribution in [2.24, 2.45) is 52.2 Å². The van der Waals surface area contributed by atoms with E-state index in [1.54, 1.807) is 16.8 Å². The summed E-state index contributed by atoms with van der Waals surface area (Å²) in [6.07, 6.45) is 13.9. The number of nitrogens with two attached hydrogens (primary N) is 2. The Hall–Kier alpha value is -1.20. The van der Waals surface area contributed by atoms with Crippen molar-refractivity contribution in [1.29, 1.82) is 0 Å². The zero-order chi connectivity index (χ0) is 26.3. The molecule has 5 rings (SSSR count). The molecule has 202 valence electrons. The molecule has 0 radical (unpaired) electrons. The van der Waals surface area contributed by atoms with Crippen LogP contribution >= 0.6 is 11.8 Å². The third-order valence-corrected chi connectivity index (χ3v) is 11.9. The van der Waals surface area contributed by atoms with Crippen LogP contribution in [0.25, 0.3) is 0 Å². The lowest BCUT2D eigenvalue weighted by Crippen LogP contribution is -2.54. The maximum Gasteiger partial charge on any atom is 0.157 e. The highest BCUT2D eigenvalue weighted by molar-refractivity contribution is 7.98. The third kappa shape index (κ3) is 4.72. The quantitative estimate of drug-likeness (QED) is 0.184. The Labute approximate surface area is 224 Å². The summed E-state index contributed by atoms with van der Waals surface area (Å²) in [5.41, 5.74) is 8.33. The standard InChI is InChI=1S/C29H45N3OS.C2H6/c1-18-11-13-28(2)19(15-18)5-7-21-22-8-9-24(29(22,3)14-12-23(21)28)27(33)17-32(31)26-10-6-20(34-4)16-25(26)30;1-2/h6,10,16,18-19,21-24H,5,7-9,11-15,17,30-31H2,1-4H3;1-2H3/t18-,19?,21?,22?,23?,24+,28?,29?;/m0./s1. The summed E-state index contributed by atoms with van der Waals surface area (Å²) in [5, 5.41) is 1.58. The number of anilines is 2. The van der Waals surface area contributed by atoms with Gasteiger partial charge in [0, 0.05) is 10.8 Å². The molecule has 4 N–H and O–H groups in total. The number of fused-ring (bicyclic) bond motifs is 5. The lowest BCUT2D eigenvalue weighted by atomic mass is 9.44. The van der Waals surface area contributed by atoms with Crippen LogP contribution in [0.4, 0.5) is 11.4 Å². The largest absolute Gasteiger partial charge is 0.397 e. The summed E-state index contributed by atoms with van der Waals surface area (Å²) >= 11 is 1.66. The van der Waals surface area contributed by atoms with E-state index in [4.69, 9.17) is 11.6 Å². The smallest absolute Gasteiger partial charge is 0.157 e. The van der Waals surface area contributed by atoms with Gasteiger partial charge in [0.1, 0.15) is 0 Å². The van der Waals surface area contributed by atoms with Gasteiger partial charge in [-0.25, -0.2) is 5.84 Å². The van der Waals surface area contributed by atoms with Crippen LogP contribution in [0.1, 0.15) is 92.4 Å². The number of ketones is 1. The minimum atomic E-state index is 0.133. The molecule has 0 saturated heterocycles. The molecule has 4 aliphatic rings. The van der Waals surface area contributed by atoms with Gasteiger partial charge in [-0.2, -0.15) is 0 Å². The van der Waals surface area contributed by atoms with E-state index in [0.29, 0.717) is 22.8 Å². The van der Waals surface area contributed by atoms with Gasteiger partial charge in [-0.3, -0.25) is 4.79 Å². The highest BCUT2D eigenvalue weighted by atomic mass is 32.2. The molecular formula is C31H51N3OS. The van der Waals surface area contributed by atoms with Gasteiger partial charge in [-0.1, -0.05) is 41.0 Å². The summed E-state index contributed by atoms with van der Waals surface area (Å²) in [6.45, 7) is 11.8. The van der Waals surface area contributed by atoms with Crippen molar-refractivity contribution < 1.29 is 4.79 Å². The van der Waals surface area contributed by atoms with E-state index in [1.807, 2.05) is 38.3 Å². The van der Waals surface area contributed by atoms with Crippen LogP contribution in [-0.2, 0) is 4.79 Å². The number of nitrogen functional groups attached to an aromatic ring is 1. The van der Waals surface area contributed by atoms with Gasteiger partial charge in [0.05, 0.1) is 17.9 Å². The molecule has 1 aromatic rings. The van der Waals surface area contributed by atoms with E-state index in [-0.39, 0.29) is 17.9 Å². The van der Waals surface area contributed by atoms with Gasteiger partial charge in [0.15, 0.2) is 5.78 Å². The van der Waals surface area contributed by atoms with Crippen molar-refractivity contribution in [3.05, 3.63) is 18.2 Å². The average Bonchev–Trinajstić information content (AvgIpc) is 3.22. The summed E-state index contributed by atoms with van der Waals surface area (Å²) < 4.78 is 0. The van der Waals surface area contributed by atoms with E-state index in [2.05, 4.69) is 20.8 Å². The zero-order valence-corrected chi connectivity index (χ0v) is 24.5. The normalized spacial score (nSPS) is 39.2. The molecule has 36 heavy (non-hydrogen) atoms. The molecule has 4 nitrogen and oxygen atoms in total. The second-order valence-corrected chi connectivity index (χ2v) is 13.6. The predicted molar refractivity (Wildman–Crippen MR) is 155 cm³/mol. The number of thioether (sulfide) groups is 1. The fourth-order valence-electron chi connectivity index (χ4n) is 9.29. The number of Topliss-reactive ketones (excluding diaryl/α,β-unsaturated/α-hetero) is 1. The van der Waals surface area contributed by atoms with Crippen LogP contribution in [0, 0.1) is 46.3 Å². The van der Waals surface area contributed by atoms with Crippen LogP contribution in [0.3, 0.4) is 0 Å². The van der Waals surface area contributed by atoms with E-state index >= 15 is 0 Å². The molecule has 0 aliphatic heterocycles. The summed E-state index contributed by atoms with van der Waals surface area (Å²) in [6, 6.07) is 5.92. The molecule has 1 aromatic carbocycles. The van der Waals surface area contributed by atoms with Crippen LogP contribution in [0.5, 0.6) is 0 Å². The van der Waals surface area contributed by atoms with Gasteiger partial charge < -0.3 is 10.7 Å². The van der Waals surface area contributed by atoms with E-state index in [9.17, 15) is 4.79 Å². The Morgan fingerprint density at radius 3 is 2.42 bits per heavy atom. The molecule has 5 heteroatoms. The van der Waals surface area contributed by atoms with Crippen molar-refractivity contribution in [2.75, 3.05) is 23.5 Å². The monoisotopic (exact) mass is 513 g/mol. The van der Waals surface area contributed by atoms with Crippen LogP contribution in [0.2, 0.25) is 0 Å². The molecule has 4 aliphatic carbocycles. The van der Waals surface area contributed by atoms with Crippen LogP contribution < -0.4 is 16.6 Å². The number of carbonyl (C=O) groups is 1. The molecule has 4 fully saturated rings. The molecule has 8 atom stereocenters. The highest BCUT2D eigenvalue weighted by Crippen LogP contribution is 2.67. The summed E-state index contributed by atoms with van der Waals surface area (Å²) in [5.74, 6) is 11.1. The van der Waals surface area contributed by atoms with E-state index in [0.717, 1.165) is 40.7 Å². The van der Waals surface area contributed by atoms with Gasteiger partial charge in [0.2, 0.25) is 0 Å². The van der Waals surface area contributed by atoms with Crippen LogP contribution in [-0.4, -0.2) is 18.6 Å². The van der Waals surface area contributed by atoms with Crippen LogP contribution in [0.15, 0.2) is 23.1 Å². The second-order valence-electron chi connectivity index (χ2n) is 12.7. The fourth-order valence-corrected chi connectivity index (χ4v) is 9.73. The average molecular weight is 514 g/mol. The topological polar surface area (TPSA) is 72.3 Å². The van der Waals surface area contributed by atoms with Crippen molar-refractivity contribution in [3.63, 3.8) is 0 Å². The number of nitrogens with zero attached hydrogens (tertiary/aromatic N) is 1. The Kier molecular flexibility index (Phi) is 8.41. The molecule has 0 heterocycles. The van der Waals surface area contributed by atoms with Gasteiger partial charge in [-0.15, -0.1) is 11.8 Å². The van der Waals surface area contributed by atoms with Crippen molar-refractivity contribution >= 4 is 28.9 Å². The Bertz CT molecular complexity index is 936. The van der Waals surface area contributed by atoms with Gasteiger partial charge in [-0.05, 0) is 116 Å². The number of benzene rings is 1. The number of hydrogen-bond donors (Lipinski definition) is 2. The molecule has 0 amide bonds. The first-order chi connectivity index (χ1) is 17.2. The first-order valence-corrected chi connectivity index (χ1v) is 15.9. The molecule has 0 spiro atoms. The number of hydrogen-bond acceptors (Lipinski definition) is 5. The summed E-state index contributed by atoms with van der Waals surface area (Å²) in [7, 11) is 0. The fraction of sp³-hybridized carbons (Fsp3) is 0.774.